The van der Waals surface area contributed by atoms with Gasteiger partial charge < -0.3 is 10.0 Å². The summed E-state index contributed by atoms with van der Waals surface area (Å²) in [6.07, 6.45) is 3.55. The van der Waals surface area contributed by atoms with E-state index in [2.05, 4.69) is 19.1 Å². The van der Waals surface area contributed by atoms with Gasteiger partial charge in [-0.2, -0.15) is 0 Å². The highest BCUT2D eigenvalue weighted by Gasteiger charge is 2.31. The van der Waals surface area contributed by atoms with Crippen molar-refractivity contribution in [3.8, 4) is 0 Å². The van der Waals surface area contributed by atoms with E-state index in [-0.39, 0.29) is 5.91 Å². The van der Waals surface area contributed by atoms with Gasteiger partial charge in [-0.1, -0.05) is 37.3 Å². The second kappa shape index (κ2) is 7.25. The summed E-state index contributed by atoms with van der Waals surface area (Å²) in [6, 6.07) is 9.48. The first-order chi connectivity index (χ1) is 10.1. The van der Waals surface area contributed by atoms with Crippen molar-refractivity contribution in [2.24, 2.45) is 0 Å². The van der Waals surface area contributed by atoms with Gasteiger partial charge in [-0.3, -0.25) is 4.79 Å². The maximum absolute atomic E-state index is 12.3. The van der Waals surface area contributed by atoms with Crippen LogP contribution in [0.15, 0.2) is 30.3 Å². The van der Waals surface area contributed by atoms with Crippen LogP contribution in [0.5, 0.6) is 0 Å². The number of nitrogens with zero attached hydrogens (tertiary/aromatic N) is 1. The van der Waals surface area contributed by atoms with Crippen molar-refractivity contribution in [2.75, 3.05) is 6.54 Å². The lowest BCUT2D eigenvalue weighted by molar-refractivity contribution is -0.152. The summed E-state index contributed by atoms with van der Waals surface area (Å²) < 4.78 is 0. The molecule has 21 heavy (non-hydrogen) atoms. The molecule has 1 aliphatic rings. The highest BCUT2D eigenvalue weighted by molar-refractivity contribution is 5.83. The number of carbonyl (C=O) groups is 2. The van der Waals surface area contributed by atoms with Crippen molar-refractivity contribution >= 4 is 11.9 Å². The van der Waals surface area contributed by atoms with Crippen molar-refractivity contribution in [1.82, 2.24) is 4.90 Å². The lowest BCUT2D eigenvalue weighted by Gasteiger charge is -2.33. The van der Waals surface area contributed by atoms with Crippen LogP contribution in [0.2, 0.25) is 0 Å². The lowest BCUT2D eigenvalue weighted by Crippen LogP contribution is -2.47. The SMILES string of the molecule is CC(CCC(=O)N1CCCC[C@@H]1C(=O)O)c1ccccc1. The van der Waals surface area contributed by atoms with Crippen molar-refractivity contribution in [1.29, 1.82) is 0 Å². The quantitative estimate of drug-likeness (QED) is 0.906. The molecule has 114 valence electrons. The van der Waals surface area contributed by atoms with Crippen LogP contribution in [-0.4, -0.2) is 34.5 Å². The van der Waals surface area contributed by atoms with E-state index in [1.807, 2.05) is 18.2 Å². The zero-order chi connectivity index (χ0) is 15.2. The fraction of sp³-hybridized carbons (Fsp3) is 0.529. The van der Waals surface area contributed by atoms with Crippen molar-refractivity contribution in [3.05, 3.63) is 35.9 Å². The maximum atomic E-state index is 12.3. The van der Waals surface area contributed by atoms with E-state index in [0.717, 1.165) is 19.3 Å². The van der Waals surface area contributed by atoms with Crippen LogP contribution in [0.3, 0.4) is 0 Å². The van der Waals surface area contributed by atoms with E-state index in [9.17, 15) is 14.7 Å². The first-order valence-electron chi connectivity index (χ1n) is 7.67. The monoisotopic (exact) mass is 289 g/mol. The molecule has 0 radical (unpaired) electrons. The molecule has 0 aromatic heterocycles. The van der Waals surface area contributed by atoms with Crippen LogP contribution >= 0.6 is 0 Å². The summed E-state index contributed by atoms with van der Waals surface area (Å²) in [6.45, 7) is 2.68. The molecule has 1 aromatic rings. The van der Waals surface area contributed by atoms with E-state index in [1.54, 1.807) is 4.90 Å². The zero-order valence-electron chi connectivity index (χ0n) is 12.5. The Morgan fingerprint density at radius 2 is 2.00 bits per heavy atom. The average molecular weight is 289 g/mol. The van der Waals surface area contributed by atoms with E-state index < -0.39 is 12.0 Å². The number of rotatable bonds is 5. The smallest absolute Gasteiger partial charge is 0.326 e. The summed E-state index contributed by atoms with van der Waals surface area (Å²) in [5.41, 5.74) is 1.22. The molecule has 1 heterocycles. The van der Waals surface area contributed by atoms with Crippen molar-refractivity contribution in [2.45, 2.75) is 51.0 Å². The minimum absolute atomic E-state index is 0.0233. The highest BCUT2D eigenvalue weighted by atomic mass is 16.4. The maximum Gasteiger partial charge on any atom is 0.326 e. The van der Waals surface area contributed by atoms with Gasteiger partial charge >= 0.3 is 5.97 Å². The molecule has 4 heteroatoms. The highest BCUT2D eigenvalue weighted by Crippen LogP contribution is 2.23. The summed E-state index contributed by atoms with van der Waals surface area (Å²) >= 11 is 0. The zero-order valence-corrected chi connectivity index (χ0v) is 12.5. The third-order valence-electron chi connectivity index (χ3n) is 4.27. The molecule has 1 unspecified atom stereocenters. The largest absolute Gasteiger partial charge is 0.480 e. The molecule has 0 spiro atoms. The number of likely N-dealkylation sites (tertiary alicyclic amines) is 1. The number of benzene rings is 1. The van der Waals surface area contributed by atoms with Crippen molar-refractivity contribution in [3.63, 3.8) is 0 Å². The molecule has 1 aliphatic heterocycles. The van der Waals surface area contributed by atoms with Gasteiger partial charge in [0.05, 0.1) is 0 Å². The first kappa shape index (κ1) is 15.5. The number of piperidine rings is 1. The molecular weight excluding hydrogens is 266 g/mol. The lowest BCUT2D eigenvalue weighted by atomic mass is 9.95. The Bertz CT molecular complexity index is 486. The van der Waals surface area contributed by atoms with Gasteiger partial charge in [0, 0.05) is 13.0 Å². The summed E-state index contributed by atoms with van der Waals surface area (Å²) in [7, 11) is 0. The molecule has 1 fully saturated rings. The van der Waals surface area contributed by atoms with E-state index in [1.165, 1.54) is 5.56 Å². The molecule has 2 rings (SSSR count). The predicted octanol–water partition coefficient (Wildman–Crippen LogP) is 3.04. The number of carbonyl (C=O) groups excluding carboxylic acids is 1. The summed E-state index contributed by atoms with van der Waals surface area (Å²) in [5.74, 6) is -0.591. The normalized spacial score (nSPS) is 20.0. The third-order valence-corrected chi connectivity index (χ3v) is 4.27. The number of hydrogen-bond acceptors (Lipinski definition) is 2. The Morgan fingerprint density at radius 3 is 2.67 bits per heavy atom. The second-order valence-electron chi connectivity index (χ2n) is 5.79. The van der Waals surface area contributed by atoms with Crippen LogP contribution in [0.4, 0.5) is 0 Å². The standard InChI is InChI=1S/C17H23NO3/c1-13(14-7-3-2-4-8-14)10-11-16(19)18-12-6-5-9-15(18)17(20)21/h2-4,7-8,13,15H,5-6,9-12H2,1H3,(H,20,21)/t13?,15-/m1/s1. The molecule has 1 aromatic carbocycles. The van der Waals surface area contributed by atoms with E-state index in [4.69, 9.17) is 0 Å². The van der Waals surface area contributed by atoms with Gasteiger partial charge in [0.15, 0.2) is 0 Å². The van der Waals surface area contributed by atoms with Gasteiger partial charge in [-0.05, 0) is 37.2 Å². The van der Waals surface area contributed by atoms with Gasteiger partial charge in [-0.15, -0.1) is 0 Å². The predicted molar refractivity (Wildman–Crippen MR) is 81.1 cm³/mol. The van der Waals surface area contributed by atoms with Crippen LogP contribution in [0, 0.1) is 0 Å². The number of hydrogen-bond donors (Lipinski definition) is 1. The number of carboxylic acid groups (broad SMARTS) is 1. The van der Waals surface area contributed by atoms with Gasteiger partial charge in [0.25, 0.3) is 0 Å². The molecule has 1 amide bonds. The number of aliphatic carboxylic acids is 1. The topological polar surface area (TPSA) is 57.6 Å². The Balaban J connectivity index is 1.90. The van der Waals surface area contributed by atoms with E-state index >= 15 is 0 Å². The fourth-order valence-electron chi connectivity index (χ4n) is 2.92. The number of amides is 1. The molecule has 4 nitrogen and oxygen atoms in total. The molecule has 1 N–H and O–H groups in total. The Hall–Kier alpha value is -1.84. The first-order valence-corrected chi connectivity index (χ1v) is 7.67. The van der Waals surface area contributed by atoms with Gasteiger partial charge in [-0.25, -0.2) is 4.79 Å². The van der Waals surface area contributed by atoms with Crippen molar-refractivity contribution < 1.29 is 14.7 Å². The Labute approximate surface area is 125 Å². The minimum Gasteiger partial charge on any atom is -0.480 e. The van der Waals surface area contributed by atoms with Crippen LogP contribution in [0.25, 0.3) is 0 Å². The molecule has 0 saturated carbocycles. The fourth-order valence-corrected chi connectivity index (χ4v) is 2.92. The Kier molecular flexibility index (Phi) is 5.37. The molecular formula is C17H23NO3. The van der Waals surface area contributed by atoms with Crippen LogP contribution in [0.1, 0.15) is 50.5 Å². The average Bonchev–Trinajstić information content (AvgIpc) is 2.53. The summed E-state index contributed by atoms with van der Waals surface area (Å²) in [4.78, 5) is 25.1. The van der Waals surface area contributed by atoms with Crippen LogP contribution in [-0.2, 0) is 9.59 Å². The molecule has 2 atom stereocenters. The molecule has 1 saturated heterocycles. The molecule has 0 bridgehead atoms. The Morgan fingerprint density at radius 1 is 1.29 bits per heavy atom. The van der Waals surface area contributed by atoms with E-state index in [0.29, 0.717) is 25.3 Å². The third kappa shape index (κ3) is 4.06. The van der Waals surface area contributed by atoms with Gasteiger partial charge in [0.1, 0.15) is 6.04 Å². The minimum atomic E-state index is -0.876. The molecule has 0 aliphatic carbocycles. The number of carboxylic acids is 1. The van der Waals surface area contributed by atoms with Gasteiger partial charge in [0.2, 0.25) is 5.91 Å². The van der Waals surface area contributed by atoms with Crippen LogP contribution < -0.4 is 0 Å². The summed E-state index contributed by atoms with van der Waals surface area (Å²) in [5, 5.41) is 9.22. The second-order valence-corrected chi connectivity index (χ2v) is 5.79.